The summed E-state index contributed by atoms with van der Waals surface area (Å²) in [6, 6.07) is 0.534. The minimum absolute atomic E-state index is 0.283. The van der Waals surface area contributed by atoms with Crippen molar-refractivity contribution in [3.05, 3.63) is 0 Å². The molecule has 0 heterocycles. The van der Waals surface area contributed by atoms with E-state index in [1.807, 2.05) is 0 Å². The molecule has 0 saturated heterocycles. The molecule has 0 aromatic heterocycles. The smallest absolute Gasteiger partial charge is 0.0905 e. The summed E-state index contributed by atoms with van der Waals surface area (Å²) in [5, 5.41) is 10.2. The van der Waals surface area contributed by atoms with Gasteiger partial charge in [-0.3, -0.25) is 5.41 Å². The minimum atomic E-state index is 0.283. The van der Waals surface area contributed by atoms with Gasteiger partial charge in [-0.05, 0) is 13.0 Å². The summed E-state index contributed by atoms with van der Waals surface area (Å²) in [6.45, 7) is 5.17. The van der Waals surface area contributed by atoms with E-state index in [0.717, 1.165) is 13.0 Å². The van der Waals surface area contributed by atoms with Crippen molar-refractivity contribution in [2.24, 2.45) is 5.73 Å². The maximum atomic E-state index is 6.93. The zero-order chi connectivity index (χ0) is 7.98. The van der Waals surface area contributed by atoms with Crippen LogP contribution in [0.25, 0.3) is 0 Å². The first-order chi connectivity index (χ1) is 4.63. The Morgan fingerprint density at radius 3 is 2.60 bits per heavy atom. The fourth-order valence-corrected chi connectivity index (χ4v) is 0.670. The van der Waals surface area contributed by atoms with Gasteiger partial charge >= 0.3 is 0 Å². The maximum absolute atomic E-state index is 6.93. The largest absolute Gasteiger partial charge is 0.388 e. The summed E-state index contributed by atoms with van der Waals surface area (Å²) < 4.78 is 0. The summed E-state index contributed by atoms with van der Waals surface area (Å²) in [7, 11) is 0. The molecular weight excluding hydrogens is 126 g/mol. The number of hydrogen-bond acceptors (Lipinski definition) is 2. The average molecular weight is 143 g/mol. The van der Waals surface area contributed by atoms with E-state index in [4.69, 9.17) is 11.1 Å². The van der Waals surface area contributed by atoms with Crippen LogP contribution in [0.4, 0.5) is 0 Å². The van der Waals surface area contributed by atoms with Gasteiger partial charge in [0, 0.05) is 12.5 Å². The molecule has 0 atom stereocenters. The highest BCUT2D eigenvalue weighted by atomic mass is 14.9. The van der Waals surface area contributed by atoms with Crippen LogP contribution in [0.5, 0.6) is 0 Å². The molecule has 60 valence electrons. The molecule has 0 amide bonds. The monoisotopic (exact) mass is 143 g/mol. The Morgan fingerprint density at radius 2 is 2.20 bits per heavy atom. The van der Waals surface area contributed by atoms with Gasteiger partial charge in [0.05, 0.1) is 5.84 Å². The van der Waals surface area contributed by atoms with Gasteiger partial charge < -0.3 is 11.1 Å². The number of amidine groups is 1. The SMILES string of the molecule is CC(C)NCCCC(=N)N. The lowest BCUT2D eigenvalue weighted by atomic mass is 10.3. The minimum Gasteiger partial charge on any atom is -0.388 e. The van der Waals surface area contributed by atoms with Crippen molar-refractivity contribution in [3.63, 3.8) is 0 Å². The highest BCUT2D eigenvalue weighted by Crippen LogP contribution is 1.85. The quantitative estimate of drug-likeness (QED) is 0.301. The van der Waals surface area contributed by atoms with Crippen LogP contribution < -0.4 is 11.1 Å². The molecule has 3 nitrogen and oxygen atoms in total. The van der Waals surface area contributed by atoms with E-state index in [0.29, 0.717) is 12.5 Å². The van der Waals surface area contributed by atoms with Crippen molar-refractivity contribution in [1.82, 2.24) is 5.32 Å². The van der Waals surface area contributed by atoms with Crippen molar-refractivity contribution >= 4 is 5.84 Å². The van der Waals surface area contributed by atoms with Crippen molar-refractivity contribution in [1.29, 1.82) is 5.41 Å². The zero-order valence-electron chi connectivity index (χ0n) is 6.78. The van der Waals surface area contributed by atoms with Gasteiger partial charge in [0.25, 0.3) is 0 Å². The third kappa shape index (κ3) is 7.43. The predicted molar refractivity (Wildman–Crippen MR) is 44.3 cm³/mol. The van der Waals surface area contributed by atoms with E-state index in [1.54, 1.807) is 0 Å². The van der Waals surface area contributed by atoms with E-state index in [1.165, 1.54) is 0 Å². The topological polar surface area (TPSA) is 61.9 Å². The van der Waals surface area contributed by atoms with Crippen LogP contribution in [0, 0.1) is 5.41 Å². The number of nitrogens with two attached hydrogens (primary N) is 1. The third-order valence-electron chi connectivity index (χ3n) is 1.18. The van der Waals surface area contributed by atoms with Crippen molar-refractivity contribution < 1.29 is 0 Å². The second-order valence-corrected chi connectivity index (χ2v) is 2.74. The Balaban J connectivity index is 2.98. The molecule has 0 rings (SSSR count). The number of nitrogens with one attached hydrogen (secondary N) is 2. The summed E-state index contributed by atoms with van der Waals surface area (Å²) >= 11 is 0. The van der Waals surface area contributed by atoms with E-state index in [-0.39, 0.29) is 5.84 Å². The van der Waals surface area contributed by atoms with Crippen molar-refractivity contribution in [3.8, 4) is 0 Å². The lowest BCUT2D eigenvalue weighted by Crippen LogP contribution is -2.24. The molecule has 0 bridgehead atoms. The molecule has 0 aromatic rings. The molecule has 0 saturated carbocycles. The normalized spacial score (nSPS) is 10.3. The summed E-state index contributed by atoms with van der Waals surface area (Å²) in [4.78, 5) is 0. The van der Waals surface area contributed by atoms with Gasteiger partial charge in [-0.2, -0.15) is 0 Å². The Kier molecular flexibility index (Phi) is 4.94. The molecular formula is C7H17N3. The van der Waals surface area contributed by atoms with E-state index in [2.05, 4.69) is 19.2 Å². The molecule has 0 unspecified atom stereocenters. The molecule has 0 fully saturated rings. The molecule has 0 aliphatic carbocycles. The van der Waals surface area contributed by atoms with E-state index in [9.17, 15) is 0 Å². The van der Waals surface area contributed by atoms with Crippen LogP contribution in [0.15, 0.2) is 0 Å². The first-order valence-corrected chi connectivity index (χ1v) is 3.69. The second-order valence-electron chi connectivity index (χ2n) is 2.74. The van der Waals surface area contributed by atoms with Crippen molar-refractivity contribution in [2.75, 3.05) is 6.54 Å². The number of rotatable bonds is 5. The Bertz CT molecular complexity index is 99.0. The lowest BCUT2D eigenvalue weighted by Gasteiger charge is -2.06. The Morgan fingerprint density at radius 1 is 1.60 bits per heavy atom. The Hall–Kier alpha value is -0.570. The standard InChI is InChI=1S/C7H17N3/c1-6(2)10-5-3-4-7(8)9/h6,10H,3-5H2,1-2H3,(H3,8,9). The highest BCUT2D eigenvalue weighted by Gasteiger charge is 1.92. The first-order valence-electron chi connectivity index (χ1n) is 3.69. The lowest BCUT2D eigenvalue weighted by molar-refractivity contribution is 0.576. The molecule has 10 heavy (non-hydrogen) atoms. The maximum Gasteiger partial charge on any atom is 0.0905 e. The molecule has 0 spiro atoms. The van der Waals surface area contributed by atoms with Gasteiger partial charge in [0.15, 0.2) is 0 Å². The molecule has 3 heteroatoms. The van der Waals surface area contributed by atoms with Crippen LogP contribution >= 0.6 is 0 Å². The molecule has 0 radical (unpaired) electrons. The Labute approximate surface area is 62.5 Å². The number of hydrogen-bond donors (Lipinski definition) is 3. The van der Waals surface area contributed by atoms with Crippen molar-refractivity contribution in [2.45, 2.75) is 32.7 Å². The first kappa shape index (κ1) is 9.43. The highest BCUT2D eigenvalue weighted by molar-refractivity contribution is 5.76. The van der Waals surface area contributed by atoms with Crippen LogP contribution in [0.1, 0.15) is 26.7 Å². The second kappa shape index (κ2) is 5.23. The average Bonchev–Trinajstić information content (AvgIpc) is 1.79. The molecule has 4 N–H and O–H groups in total. The molecule has 0 aliphatic rings. The van der Waals surface area contributed by atoms with E-state index >= 15 is 0 Å². The fourth-order valence-electron chi connectivity index (χ4n) is 0.670. The van der Waals surface area contributed by atoms with Gasteiger partial charge in [-0.25, -0.2) is 0 Å². The summed E-state index contributed by atoms with van der Waals surface area (Å²) in [5.74, 6) is 0.283. The molecule has 0 aliphatic heterocycles. The zero-order valence-corrected chi connectivity index (χ0v) is 6.78. The van der Waals surface area contributed by atoms with Crippen LogP contribution in [-0.2, 0) is 0 Å². The van der Waals surface area contributed by atoms with Gasteiger partial charge in [-0.1, -0.05) is 13.8 Å². The summed E-state index contributed by atoms with van der Waals surface area (Å²) in [6.07, 6.45) is 1.67. The predicted octanol–water partition coefficient (Wildman–Crippen LogP) is 0.701. The van der Waals surface area contributed by atoms with E-state index < -0.39 is 0 Å². The van der Waals surface area contributed by atoms with Gasteiger partial charge in [0.2, 0.25) is 0 Å². The van der Waals surface area contributed by atoms with Gasteiger partial charge in [0.1, 0.15) is 0 Å². The van der Waals surface area contributed by atoms with Crippen LogP contribution in [0.3, 0.4) is 0 Å². The fraction of sp³-hybridized carbons (Fsp3) is 0.857. The van der Waals surface area contributed by atoms with Crippen LogP contribution in [0.2, 0.25) is 0 Å². The molecule has 0 aromatic carbocycles. The summed E-state index contributed by atoms with van der Waals surface area (Å²) in [5.41, 5.74) is 5.16. The van der Waals surface area contributed by atoms with Gasteiger partial charge in [-0.15, -0.1) is 0 Å². The van der Waals surface area contributed by atoms with Crippen LogP contribution in [-0.4, -0.2) is 18.4 Å². The third-order valence-corrected chi connectivity index (χ3v) is 1.18.